The Morgan fingerprint density at radius 1 is 1.21 bits per heavy atom. The van der Waals surface area contributed by atoms with Crippen molar-refractivity contribution >= 4 is 0 Å². The molecular weight excluding hydrogens is 302 g/mol. The van der Waals surface area contributed by atoms with E-state index < -0.39 is 0 Å². The highest BCUT2D eigenvalue weighted by molar-refractivity contribution is 5.49. The topological polar surface area (TPSA) is 41.9 Å². The molecule has 0 spiro atoms. The summed E-state index contributed by atoms with van der Waals surface area (Å²) in [6.07, 6.45) is 4.98. The Morgan fingerprint density at radius 3 is 2.71 bits per heavy atom. The lowest BCUT2D eigenvalue weighted by molar-refractivity contribution is -0.144. The van der Waals surface area contributed by atoms with E-state index in [1.807, 2.05) is 12.1 Å². The van der Waals surface area contributed by atoms with Gasteiger partial charge < -0.3 is 14.6 Å². The van der Waals surface area contributed by atoms with Crippen molar-refractivity contribution in [1.82, 2.24) is 4.90 Å². The molecule has 0 unspecified atom stereocenters. The lowest BCUT2D eigenvalue weighted by Gasteiger charge is -2.48. The molecule has 4 heteroatoms. The van der Waals surface area contributed by atoms with E-state index in [2.05, 4.69) is 25.7 Å². The van der Waals surface area contributed by atoms with Gasteiger partial charge in [0.25, 0.3) is 0 Å². The van der Waals surface area contributed by atoms with E-state index in [0.717, 1.165) is 49.4 Å². The number of hydrogen-bond donors (Lipinski definition) is 1. The van der Waals surface area contributed by atoms with Crippen LogP contribution in [0.4, 0.5) is 0 Å². The molecule has 3 aliphatic heterocycles. The fourth-order valence-electron chi connectivity index (χ4n) is 4.59. The molecule has 3 atom stereocenters. The van der Waals surface area contributed by atoms with Crippen molar-refractivity contribution in [2.24, 2.45) is 5.92 Å². The maximum absolute atomic E-state index is 10.6. The fraction of sp³-hybridized carbons (Fsp3) is 0.700. The number of ether oxygens (including phenoxy) is 2. The third-order valence-electron chi connectivity index (χ3n) is 6.00. The van der Waals surface area contributed by atoms with Gasteiger partial charge in [-0.05, 0) is 71.7 Å². The van der Waals surface area contributed by atoms with Crippen LogP contribution < -0.4 is 4.74 Å². The third-order valence-corrected chi connectivity index (χ3v) is 6.00. The number of phenolic OH excluding ortho intramolecular Hbond substituents is 1. The molecule has 4 nitrogen and oxygen atoms in total. The molecule has 3 heterocycles. The molecule has 0 aliphatic carbocycles. The molecule has 0 bridgehead atoms. The summed E-state index contributed by atoms with van der Waals surface area (Å²) in [7, 11) is 0. The summed E-state index contributed by atoms with van der Waals surface area (Å²) in [5, 5.41) is 10.6. The lowest BCUT2D eigenvalue weighted by atomic mass is 9.75. The summed E-state index contributed by atoms with van der Waals surface area (Å²) in [5.41, 5.74) is 1.75. The van der Waals surface area contributed by atoms with E-state index in [1.165, 1.54) is 12.8 Å². The fourth-order valence-corrected chi connectivity index (χ4v) is 4.59. The van der Waals surface area contributed by atoms with Crippen LogP contribution in [0.25, 0.3) is 0 Å². The Bertz CT molecular complexity index is 622. The number of fused-ring (bicyclic) bond motifs is 3. The Hall–Kier alpha value is -1.26. The molecule has 0 amide bonds. The van der Waals surface area contributed by atoms with Gasteiger partial charge >= 0.3 is 0 Å². The molecule has 1 aromatic carbocycles. The molecule has 3 aliphatic rings. The van der Waals surface area contributed by atoms with Crippen LogP contribution in [0.3, 0.4) is 0 Å². The van der Waals surface area contributed by atoms with Gasteiger partial charge in [0.15, 0.2) is 0 Å². The third kappa shape index (κ3) is 2.80. The van der Waals surface area contributed by atoms with E-state index in [4.69, 9.17) is 9.47 Å². The first-order valence-electron chi connectivity index (χ1n) is 9.36. The zero-order valence-corrected chi connectivity index (χ0v) is 15.0. The summed E-state index contributed by atoms with van der Waals surface area (Å²) in [6.45, 7) is 9.51. The van der Waals surface area contributed by atoms with Gasteiger partial charge in [-0.15, -0.1) is 0 Å². The first kappa shape index (κ1) is 16.2. The molecule has 1 N–H and O–H groups in total. The molecule has 0 radical (unpaired) electrons. The van der Waals surface area contributed by atoms with Gasteiger partial charge in [-0.3, -0.25) is 4.90 Å². The molecule has 4 rings (SSSR count). The largest absolute Gasteiger partial charge is 0.508 e. The number of benzene rings is 1. The van der Waals surface area contributed by atoms with Gasteiger partial charge in [-0.1, -0.05) is 0 Å². The van der Waals surface area contributed by atoms with Crippen LogP contribution in [0.1, 0.15) is 63.7 Å². The normalized spacial score (nSPS) is 32.0. The SMILES string of the molecule is C[C@@H]1CC[C@@H]2[C@@H](O1)c1cc(O)c(CN3CCCC3)cc1OC2(C)C. The van der Waals surface area contributed by atoms with Crippen LogP contribution in [0.15, 0.2) is 12.1 Å². The molecule has 2 fully saturated rings. The van der Waals surface area contributed by atoms with Crippen molar-refractivity contribution in [2.75, 3.05) is 13.1 Å². The van der Waals surface area contributed by atoms with Crippen molar-refractivity contribution < 1.29 is 14.6 Å². The van der Waals surface area contributed by atoms with Gasteiger partial charge in [0, 0.05) is 23.6 Å². The number of aromatic hydroxyl groups is 1. The minimum atomic E-state index is -0.236. The van der Waals surface area contributed by atoms with E-state index in [1.54, 1.807) is 0 Å². The number of nitrogens with zero attached hydrogens (tertiary/aromatic N) is 1. The van der Waals surface area contributed by atoms with Crippen molar-refractivity contribution in [3.63, 3.8) is 0 Å². The Balaban J connectivity index is 1.68. The van der Waals surface area contributed by atoms with Crippen molar-refractivity contribution in [3.8, 4) is 11.5 Å². The average molecular weight is 331 g/mol. The summed E-state index contributed by atoms with van der Waals surface area (Å²) >= 11 is 0. The molecule has 0 saturated carbocycles. The summed E-state index contributed by atoms with van der Waals surface area (Å²) < 4.78 is 12.7. The van der Waals surface area contributed by atoms with Crippen molar-refractivity contribution in [2.45, 2.75) is 70.8 Å². The molecule has 2 saturated heterocycles. The highest BCUT2D eigenvalue weighted by atomic mass is 16.5. The van der Waals surface area contributed by atoms with Crippen molar-refractivity contribution in [3.05, 3.63) is 23.3 Å². The smallest absolute Gasteiger partial charge is 0.126 e. The van der Waals surface area contributed by atoms with Crippen LogP contribution in [0.5, 0.6) is 11.5 Å². The van der Waals surface area contributed by atoms with Crippen LogP contribution >= 0.6 is 0 Å². The van der Waals surface area contributed by atoms with Crippen LogP contribution in [-0.4, -0.2) is 34.8 Å². The predicted molar refractivity (Wildman–Crippen MR) is 93.3 cm³/mol. The van der Waals surface area contributed by atoms with Gasteiger partial charge in [0.05, 0.1) is 12.2 Å². The number of phenols is 1. The maximum Gasteiger partial charge on any atom is 0.126 e. The monoisotopic (exact) mass is 331 g/mol. The number of rotatable bonds is 2. The minimum Gasteiger partial charge on any atom is -0.508 e. The standard InChI is InChI=1S/C20H29NO3/c1-13-6-7-16-19(23-13)15-11-17(22)14(12-21-8-4-5-9-21)10-18(15)24-20(16,2)3/h10-11,13,16,19,22H,4-9,12H2,1-3H3/t13-,16-,19+/m1/s1. The Kier molecular flexibility index (Phi) is 4.00. The first-order valence-corrected chi connectivity index (χ1v) is 9.36. The van der Waals surface area contributed by atoms with Gasteiger partial charge in [-0.2, -0.15) is 0 Å². The van der Waals surface area contributed by atoms with E-state index in [0.29, 0.717) is 11.7 Å². The average Bonchev–Trinajstić information content (AvgIpc) is 3.02. The van der Waals surface area contributed by atoms with Crippen LogP contribution in [0.2, 0.25) is 0 Å². The zero-order chi connectivity index (χ0) is 16.9. The lowest BCUT2D eigenvalue weighted by Crippen LogP contribution is -2.48. The summed E-state index contributed by atoms with van der Waals surface area (Å²) in [5.74, 6) is 1.61. The van der Waals surface area contributed by atoms with E-state index >= 15 is 0 Å². The molecule has 132 valence electrons. The zero-order valence-electron chi connectivity index (χ0n) is 15.0. The Labute approximate surface area is 144 Å². The molecule has 1 aromatic rings. The number of likely N-dealkylation sites (tertiary alicyclic amines) is 1. The molecule has 24 heavy (non-hydrogen) atoms. The van der Waals surface area contributed by atoms with Gasteiger partial charge in [-0.25, -0.2) is 0 Å². The highest BCUT2D eigenvalue weighted by Crippen LogP contribution is 2.51. The molecular formula is C20H29NO3. The minimum absolute atomic E-state index is 0.0271. The summed E-state index contributed by atoms with van der Waals surface area (Å²) in [6, 6.07) is 3.94. The van der Waals surface area contributed by atoms with E-state index in [-0.39, 0.29) is 17.8 Å². The second-order valence-electron chi connectivity index (χ2n) is 8.26. The predicted octanol–water partition coefficient (Wildman–Crippen LogP) is 4.02. The first-order chi connectivity index (χ1) is 11.4. The number of hydrogen-bond acceptors (Lipinski definition) is 4. The van der Waals surface area contributed by atoms with E-state index in [9.17, 15) is 5.11 Å². The van der Waals surface area contributed by atoms with Crippen LogP contribution in [-0.2, 0) is 11.3 Å². The second-order valence-corrected chi connectivity index (χ2v) is 8.26. The van der Waals surface area contributed by atoms with Gasteiger partial charge in [0.1, 0.15) is 17.1 Å². The second kappa shape index (κ2) is 5.92. The summed E-state index contributed by atoms with van der Waals surface area (Å²) in [4.78, 5) is 2.40. The van der Waals surface area contributed by atoms with Crippen LogP contribution in [0, 0.1) is 5.92 Å². The van der Waals surface area contributed by atoms with Gasteiger partial charge in [0.2, 0.25) is 0 Å². The highest BCUT2D eigenvalue weighted by Gasteiger charge is 2.47. The maximum atomic E-state index is 10.6. The van der Waals surface area contributed by atoms with Crippen molar-refractivity contribution in [1.29, 1.82) is 0 Å². The molecule has 0 aromatic heterocycles. The Morgan fingerprint density at radius 2 is 1.96 bits per heavy atom. The quantitative estimate of drug-likeness (QED) is 0.889.